The van der Waals surface area contributed by atoms with Crippen molar-refractivity contribution in [3.63, 3.8) is 0 Å². The molecular weight excluding hydrogens is 224 g/mol. The van der Waals surface area contributed by atoms with E-state index in [-0.39, 0.29) is 6.04 Å². The molecule has 1 aromatic carbocycles. The van der Waals surface area contributed by atoms with Gasteiger partial charge in [0.25, 0.3) is 0 Å². The molecule has 1 aromatic rings. The van der Waals surface area contributed by atoms with Gasteiger partial charge in [0.15, 0.2) is 0 Å². The van der Waals surface area contributed by atoms with Crippen molar-refractivity contribution < 1.29 is 4.74 Å². The molecule has 0 aliphatic carbocycles. The zero-order valence-electron chi connectivity index (χ0n) is 11.6. The van der Waals surface area contributed by atoms with Crippen molar-refractivity contribution >= 4 is 5.69 Å². The van der Waals surface area contributed by atoms with Crippen molar-refractivity contribution in [2.24, 2.45) is 5.73 Å². The monoisotopic (exact) mass is 248 g/mol. The molecule has 2 N–H and O–H groups in total. The summed E-state index contributed by atoms with van der Waals surface area (Å²) in [5.74, 6) is 0. The third-order valence-electron chi connectivity index (χ3n) is 3.70. The van der Waals surface area contributed by atoms with E-state index in [1.807, 2.05) is 0 Å². The number of hydrogen-bond acceptors (Lipinski definition) is 3. The van der Waals surface area contributed by atoms with Crippen LogP contribution in [0.5, 0.6) is 0 Å². The van der Waals surface area contributed by atoms with Gasteiger partial charge in [-0.3, -0.25) is 0 Å². The Morgan fingerprint density at radius 1 is 1.33 bits per heavy atom. The number of nitrogens with two attached hydrogens (primary N) is 1. The SMILES string of the molecule is CCC(N)c1ccc(N2CC(C)OCC2C)cc1. The van der Waals surface area contributed by atoms with Crippen molar-refractivity contribution in [1.29, 1.82) is 0 Å². The van der Waals surface area contributed by atoms with Crippen LogP contribution in [0.4, 0.5) is 5.69 Å². The molecule has 3 unspecified atom stereocenters. The standard InChI is InChI=1S/C15H24N2O/c1-4-15(16)13-5-7-14(8-6-13)17-9-12(3)18-10-11(17)2/h5-8,11-12,15H,4,9-10,16H2,1-3H3. The van der Waals surface area contributed by atoms with E-state index < -0.39 is 0 Å². The summed E-state index contributed by atoms with van der Waals surface area (Å²) in [5.41, 5.74) is 8.52. The molecule has 1 saturated heterocycles. The molecule has 0 bridgehead atoms. The summed E-state index contributed by atoms with van der Waals surface area (Å²) in [5, 5.41) is 0. The van der Waals surface area contributed by atoms with E-state index in [4.69, 9.17) is 10.5 Å². The average Bonchev–Trinajstić information content (AvgIpc) is 2.41. The van der Waals surface area contributed by atoms with Crippen LogP contribution in [0.15, 0.2) is 24.3 Å². The van der Waals surface area contributed by atoms with Crippen molar-refractivity contribution in [2.75, 3.05) is 18.1 Å². The Balaban J connectivity index is 2.13. The molecule has 3 atom stereocenters. The van der Waals surface area contributed by atoms with E-state index >= 15 is 0 Å². The highest BCUT2D eigenvalue weighted by atomic mass is 16.5. The minimum absolute atomic E-state index is 0.153. The topological polar surface area (TPSA) is 38.5 Å². The van der Waals surface area contributed by atoms with Crippen LogP contribution in [0.3, 0.4) is 0 Å². The third kappa shape index (κ3) is 2.85. The molecule has 1 aliphatic heterocycles. The molecule has 0 radical (unpaired) electrons. The lowest BCUT2D eigenvalue weighted by molar-refractivity contribution is 0.0344. The highest BCUT2D eigenvalue weighted by Crippen LogP contribution is 2.24. The minimum Gasteiger partial charge on any atom is -0.375 e. The number of ether oxygens (including phenoxy) is 1. The summed E-state index contributed by atoms with van der Waals surface area (Å²) in [6.07, 6.45) is 1.28. The number of hydrogen-bond donors (Lipinski definition) is 1. The largest absolute Gasteiger partial charge is 0.375 e. The number of benzene rings is 1. The molecule has 1 fully saturated rings. The minimum atomic E-state index is 0.153. The first-order valence-electron chi connectivity index (χ1n) is 6.85. The molecule has 3 nitrogen and oxygen atoms in total. The van der Waals surface area contributed by atoms with E-state index in [0.717, 1.165) is 19.6 Å². The van der Waals surface area contributed by atoms with Crippen molar-refractivity contribution in [1.82, 2.24) is 0 Å². The molecule has 18 heavy (non-hydrogen) atoms. The Labute approximate surface area is 110 Å². The highest BCUT2D eigenvalue weighted by Gasteiger charge is 2.23. The molecule has 2 rings (SSSR count). The number of nitrogens with zero attached hydrogens (tertiary/aromatic N) is 1. The second-order valence-corrected chi connectivity index (χ2v) is 5.25. The molecular formula is C15H24N2O. The van der Waals surface area contributed by atoms with E-state index in [2.05, 4.69) is 49.9 Å². The average molecular weight is 248 g/mol. The van der Waals surface area contributed by atoms with Crippen LogP contribution in [0.1, 0.15) is 38.8 Å². The zero-order valence-corrected chi connectivity index (χ0v) is 11.6. The first-order valence-corrected chi connectivity index (χ1v) is 6.85. The fourth-order valence-corrected chi connectivity index (χ4v) is 2.41. The summed E-state index contributed by atoms with van der Waals surface area (Å²) in [6, 6.07) is 9.25. The summed E-state index contributed by atoms with van der Waals surface area (Å²) in [4.78, 5) is 2.41. The van der Waals surface area contributed by atoms with Crippen LogP contribution in [-0.2, 0) is 4.74 Å². The Kier molecular flexibility index (Phi) is 4.25. The molecule has 1 heterocycles. The van der Waals surface area contributed by atoms with Crippen LogP contribution in [0.25, 0.3) is 0 Å². The van der Waals surface area contributed by atoms with Crippen molar-refractivity contribution in [3.8, 4) is 0 Å². The highest BCUT2D eigenvalue weighted by molar-refractivity contribution is 5.49. The second kappa shape index (κ2) is 5.72. The Hall–Kier alpha value is -1.06. The summed E-state index contributed by atoms with van der Waals surface area (Å²) in [6.45, 7) is 8.21. The lowest BCUT2D eigenvalue weighted by Gasteiger charge is -2.38. The van der Waals surface area contributed by atoms with E-state index in [9.17, 15) is 0 Å². The van der Waals surface area contributed by atoms with Crippen molar-refractivity contribution in [2.45, 2.75) is 45.4 Å². The van der Waals surface area contributed by atoms with Crippen LogP contribution in [-0.4, -0.2) is 25.3 Å². The van der Waals surface area contributed by atoms with Gasteiger partial charge in [0, 0.05) is 24.3 Å². The van der Waals surface area contributed by atoms with Gasteiger partial charge in [-0.2, -0.15) is 0 Å². The Morgan fingerprint density at radius 3 is 2.61 bits per heavy atom. The van der Waals surface area contributed by atoms with Gasteiger partial charge in [-0.1, -0.05) is 19.1 Å². The van der Waals surface area contributed by atoms with Crippen LogP contribution in [0, 0.1) is 0 Å². The normalized spacial score (nSPS) is 26.1. The van der Waals surface area contributed by atoms with Gasteiger partial charge in [-0.25, -0.2) is 0 Å². The third-order valence-corrected chi connectivity index (χ3v) is 3.70. The zero-order chi connectivity index (χ0) is 13.1. The fourth-order valence-electron chi connectivity index (χ4n) is 2.41. The van der Waals surface area contributed by atoms with Crippen LogP contribution < -0.4 is 10.6 Å². The predicted molar refractivity (Wildman–Crippen MR) is 75.9 cm³/mol. The maximum atomic E-state index is 6.04. The Bertz CT molecular complexity index is 377. The van der Waals surface area contributed by atoms with Crippen molar-refractivity contribution in [3.05, 3.63) is 29.8 Å². The van der Waals surface area contributed by atoms with Gasteiger partial charge < -0.3 is 15.4 Å². The summed E-state index contributed by atoms with van der Waals surface area (Å²) >= 11 is 0. The lowest BCUT2D eigenvalue weighted by Crippen LogP contribution is -2.47. The first kappa shape index (κ1) is 13.4. The smallest absolute Gasteiger partial charge is 0.0723 e. The van der Waals surface area contributed by atoms with Gasteiger partial charge in [0.2, 0.25) is 0 Å². The van der Waals surface area contributed by atoms with E-state index in [1.54, 1.807) is 0 Å². The maximum Gasteiger partial charge on any atom is 0.0723 e. The summed E-state index contributed by atoms with van der Waals surface area (Å²) < 4.78 is 5.66. The molecule has 1 aliphatic rings. The van der Waals surface area contributed by atoms with Crippen LogP contribution >= 0.6 is 0 Å². The molecule has 3 heteroatoms. The first-order chi connectivity index (χ1) is 8.61. The van der Waals surface area contributed by atoms with Gasteiger partial charge in [-0.05, 0) is 38.0 Å². The van der Waals surface area contributed by atoms with E-state index in [1.165, 1.54) is 11.3 Å². The second-order valence-electron chi connectivity index (χ2n) is 5.25. The molecule has 0 saturated carbocycles. The number of rotatable bonds is 3. The summed E-state index contributed by atoms with van der Waals surface area (Å²) in [7, 11) is 0. The van der Waals surface area contributed by atoms with Gasteiger partial charge in [0.1, 0.15) is 0 Å². The molecule has 0 aromatic heterocycles. The van der Waals surface area contributed by atoms with Gasteiger partial charge in [0.05, 0.1) is 12.7 Å². The van der Waals surface area contributed by atoms with E-state index in [0.29, 0.717) is 12.1 Å². The Morgan fingerprint density at radius 2 is 2.00 bits per heavy atom. The molecule has 0 amide bonds. The predicted octanol–water partition coefficient (Wildman–Crippen LogP) is 2.71. The van der Waals surface area contributed by atoms with Gasteiger partial charge in [-0.15, -0.1) is 0 Å². The molecule has 0 spiro atoms. The maximum absolute atomic E-state index is 6.04. The number of anilines is 1. The fraction of sp³-hybridized carbons (Fsp3) is 0.600. The van der Waals surface area contributed by atoms with Gasteiger partial charge >= 0.3 is 0 Å². The quantitative estimate of drug-likeness (QED) is 0.894. The van der Waals surface area contributed by atoms with Crippen LogP contribution in [0.2, 0.25) is 0 Å². The lowest BCUT2D eigenvalue weighted by atomic mass is 10.0. The molecule has 100 valence electrons. The number of morpholine rings is 1.